The molecule has 1 fully saturated rings. The van der Waals surface area contributed by atoms with E-state index >= 15 is 0 Å². The molecule has 5 heteroatoms. The summed E-state index contributed by atoms with van der Waals surface area (Å²) in [7, 11) is 3.33. The molecule has 0 amide bonds. The smallest absolute Gasteiger partial charge is 0.127 e. The standard InChI is InChI=1S/C20H27ClN2O2/c1-24-18-9-8-17(19(13-18)25-2)14-23-20(21)16(10-11-22-23)12-15-6-4-3-5-7-15/h8-11,13,15,22H,3-7,12,14H2,1-2H3. The highest BCUT2D eigenvalue weighted by molar-refractivity contribution is 6.29. The topological polar surface area (TPSA) is 33.7 Å². The van der Waals surface area contributed by atoms with Gasteiger partial charge < -0.3 is 14.9 Å². The van der Waals surface area contributed by atoms with Crippen molar-refractivity contribution in [2.75, 3.05) is 14.2 Å². The van der Waals surface area contributed by atoms with Gasteiger partial charge in [0.2, 0.25) is 0 Å². The van der Waals surface area contributed by atoms with E-state index in [1.807, 2.05) is 29.4 Å². The zero-order valence-corrected chi connectivity index (χ0v) is 15.8. The summed E-state index contributed by atoms with van der Waals surface area (Å²) in [6, 6.07) is 5.86. The van der Waals surface area contributed by atoms with E-state index in [0.29, 0.717) is 6.54 Å². The summed E-state index contributed by atoms with van der Waals surface area (Å²) in [5.41, 5.74) is 5.52. The van der Waals surface area contributed by atoms with E-state index in [9.17, 15) is 0 Å². The molecule has 1 aliphatic carbocycles. The van der Waals surface area contributed by atoms with Crippen LogP contribution in [0.4, 0.5) is 0 Å². The Labute approximate surface area is 155 Å². The number of hydrogen-bond acceptors (Lipinski definition) is 4. The lowest BCUT2D eigenvalue weighted by atomic mass is 9.85. The van der Waals surface area contributed by atoms with Crippen LogP contribution in [0.5, 0.6) is 11.5 Å². The third kappa shape index (κ3) is 4.43. The second-order valence-electron chi connectivity index (χ2n) is 6.75. The van der Waals surface area contributed by atoms with Crippen LogP contribution in [0.1, 0.15) is 44.1 Å². The average molecular weight is 363 g/mol. The van der Waals surface area contributed by atoms with Crippen molar-refractivity contribution >= 4 is 11.6 Å². The summed E-state index contributed by atoms with van der Waals surface area (Å²) in [6.45, 7) is 0.629. The van der Waals surface area contributed by atoms with E-state index < -0.39 is 0 Å². The molecule has 1 aromatic rings. The van der Waals surface area contributed by atoms with Gasteiger partial charge >= 0.3 is 0 Å². The van der Waals surface area contributed by atoms with E-state index in [4.69, 9.17) is 21.1 Å². The number of benzene rings is 1. The molecule has 0 saturated heterocycles. The molecule has 1 N–H and O–H groups in total. The first kappa shape index (κ1) is 18.0. The van der Waals surface area contributed by atoms with Crippen molar-refractivity contribution in [3.63, 3.8) is 0 Å². The van der Waals surface area contributed by atoms with Crippen LogP contribution < -0.4 is 14.9 Å². The molecule has 0 bridgehead atoms. The van der Waals surface area contributed by atoms with Crippen molar-refractivity contribution in [1.82, 2.24) is 10.4 Å². The first-order valence-corrected chi connectivity index (χ1v) is 9.39. The third-order valence-corrected chi connectivity index (χ3v) is 5.52. The van der Waals surface area contributed by atoms with Crippen LogP contribution in [0, 0.1) is 5.92 Å². The lowest BCUT2D eigenvalue weighted by molar-refractivity contribution is 0.278. The fourth-order valence-corrected chi connectivity index (χ4v) is 3.90. The van der Waals surface area contributed by atoms with Gasteiger partial charge in [-0.2, -0.15) is 0 Å². The van der Waals surface area contributed by atoms with Gasteiger partial charge in [-0.15, -0.1) is 0 Å². The highest BCUT2D eigenvalue weighted by Gasteiger charge is 2.21. The number of halogens is 1. The lowest BCUT2D eigenvalue weighted by Gasteiger charge is -2.30. The molecule has 3 rings (SSSR count). The van der Waals surface area contributed by atoms with Crippen LogP contribution in [0.2, 0.25) is 0 Å². The summed E-state index contributed by atoms with van der Waals surface area (Å²) < 4.78 is 10.8. The fraction of sp³-hybridized carbons (Fsp3) is 0.500. The van der Waals surface area contributed by atoms with Crippen LogP contribution in [0.15, 0.2) is 41.2 Å². The van der Waals surface area contributed by atoms with Gasteiger partial charge in [0, 0.05) is 17.8 Å². The lowest BCUT2D eigenvalue weighted by Crippen LogP contribution is -2.34. The van der Waals surface area contributed by atoms with Crippen LogP contribution in [0.25, 0.3) is 0 Å². The maximum absolute atomic E-state index is 6.70. The monoisotopic (exact) mass is 362 g/mol. The number of hydrazine groups is 1. The van der Waals surface area contributed by atoms with Crippen molar-refractivity contribution in [2.24, 2.45) is 5.92 Å². The van der Waals surface area contributed by atoms with Crippen molar-refractivity contribution in [1.29, 1.82) is 0 Å². The average Bonchev–Trinajstić information content (AvgIpc) is 2.66. The molecule has 0 spiro atoms. The van der Waals surface area contributed by atoms with Gasteiger partial charge in [0.1, 0.15) is 16.7 Å². The second-order valence-corrected chi connectivity index (χ2v) is 7.11. The Hall–Kier alpha value is -1.81. The molecule has 1 aliphatic heterocycles. The van der Waals surface area contributed by atoms with Crippen LogP contribution in [0.3, 0.4) is 0 Å². The summed E-state index contributed by atoms with van der Waals surface area (Å²) >= 11 is 6.70. The van der Waals surface area contributed by atoms with E-state index in [0.717, 1.165) is 34.6 Å². The summed E-state index contributed by atoms with van der Waals surface area (Å²) in [5.74, 6) is 2.35. The van der Waals surface area contributed by atoms with Gasteiger partial charge in [-0.05, 0) is 36.1 Å². The van der Waals surface area contributed by atoms with E-state index in [1.165, 1.54) is 37.7 Å². The minimum atomic E-state index is 0.629. The molecular formula is C20H27ClN2O2. The zero-order valence-electron chi connectivity index (χ0n) is 15.1. The fourth-order valence-electron chi connectivity index (χ4n) is 3.65. The molecule has 136 valence electrons. The molecule has 1 aromatic carbocycles. The van der Waals surface area contributed by atoms with Gasteiger partial charge in [0.05, 0.1) is 20.8 Å². The number of hydrogen-bond donors (Lipinski definition) is 1. The normalized spacial score (nSPS) is 18.3. The highest BCUT2D eigenvalue weighted by atomic mass is 35.5. The molecule has 0 atom stereocenters. The number of methoxy groups -OCH3 is 2. The Balaban J connectivity index is 1.73. The molecule has 4 nitrogen and oxygen atoms in total. The predicted octanol–water partition coefficient (Wildman–Crippen LogP) is 4.96. The maximum Gasteiger partial charge on any atom is 0.127 e. The number of rotatable bonds is 6. The van der Waals surface area contributed by atoms with Crippen molar-refractivity contribution < 1.29 is 9.47 Å². The molecule has 25 heavy (non-hydrogen) atoms. The Morgan fingerprint density at radius 3 is 2.68 bits per heavy atom. The van der Waals surface area contributed by atoms with Gasteiger partial charge in [0.15, 0.2) is 0 Å². The Morgan fingerprint density at radius 1 is 1.16 bits per heavy atom. The van der Waals surface area contributed by atoms with Crippen molar-refractivity contribution in [3.05, 3.63) is 46.8 Å². The first-order chi connectivity index (χ1) is 12.2. The quantitative estimate of drug-likeness (QED) is 0.725. The van der Waals surface area contributed by atoms with E-state index in [1.54, 1.807) is 14.2 Å². The molecule has 0 unspecified atom stereocenters. The van der Waals surface area contributed by atoms with Gasteiger partial charge in [-0.25, -0.2) is 0 Å². The van der Waals surface area contributed by atoms with Gasteiger partial charge in [-0.1, -0.05) is 43.7 Å². The third-order valence-electron chi connectivity index (χ3n) is 5.07. The number of nitrogens with one attached hydrogen (secondary N) is 1. The maximum atomic E-state index is 6.70. The van der Waals surface area contributed by atoms with Gasteiger partial charge in [-0.3, -0.25) is 5.01 Å². The van der Waals surface area contributed by atoms with Crippen LogP contribution >= 0.6 is 11.6 Å². The Morgan fingerprint density at radius 2 is 1.96 bits per heavy atom. The van der Waals surface area contributed by atoms with Crippen LogP contribution in [-0.2, 0) is 6.54 Å². The van der Waals surface area contributed by atoms with E-state index in [-0.39, 0.29) is 0 Å². The number of ether oxygens (including phenoxy) is 2. The highest BCUT2D eigenvalue weighted by Crippen LogP contribution is 2.33. The molecule has 0 radical (unpaired) electrons. The molecule has 1 heterocycles. The number of allylic oxidation sites excluding steroid dienone is 2. The van der Waals surface area contributed by atoms with E-state index in [2.05, 4.69) is 11.5 Å². The largest absolute Gasteiger partial charge is 0.497 e. The predicted molar refractivity (Wildman–Crippen MR) is 101 cm³/mol. The molecular weight excluding hydrogens is 336 g/mol. The minimum Gasteiger partial charge on any atom is -0.497 e. The summed E-state index contributed by atoms with van der Waals surface area (Å²) in [4.78, 5) is 0. The summed E-state index contributed by atoms with van der Waals surface area (Å²) in [5, 5.41) is 2.76. The SMILES string of the molecule is COc1ccc(CN2NC=CC(CC3CCCCC3)=C2Cl)c(OC)c1. The number of nitrogens with zero attached hydrogens (tertiary/aromatic N) is 1. The van der Waals surface area contributed by atoms with Gasteiger partial charge in [0.25, 0.3) is 0 Å². The summed E-state index contributed by atoms with van der Waals surface area (Å²) in [6.07, 6.45) is 11.9. The molecule has 0 aromatic heterocycles. The zero-order chi connectivity index (χ0) is 17.6. The Kier molecular flexibility index (Phi) is 6.14. The first-order valence-electron chi connectivity index (χ1n) is 9.01. The second kappa shape index (κ2) is 8.52. The van der Waals surface area contributed by atoms with Crippen molar-refractivity contribution in [3.8, 4) is 11.5 Å². The van der Waals surface area contributed by atoms with Crippen LogP contribution in [-0.4, -0.2) is 19.2 Å². The Bertz CT molecular complexity index is 651. The minimum absolute atomic E-state index is 0.629. The molecule has 2 aliphatic rings. The van der Waals surface area contributed by atoms with Crippen molar-refractivity contribution in [2.45, 2.75) is 45.1 Å². The molecule has 1 saturated carbocycles.